The summed E-state index contributed by atoms with van der Waals surface area (Å²) in [6, 6.07) is 41.2. The zero-order chi connectivity index (χ0) is 23.5. The fourth-order valence-electron chi connectivity index (χ4n) is 4.95. The second-order valence-corrected chi connectivity index (χ2v) is 9.26. The number of nitrogens with zero attached hydrogens (tertiary/aromatic N) is 1. The van der Waals surface area contributed by atoms with Crippen LogP contribution in [0.3, 0.4) is 0 Å². The van der Waals surface area contributed by atoms with Crippen LogP contribution in [0.15, 0.2) is 115 Å². The zero-order valence-corrected chi connectivity index (χ0v) is 20.2. The van der Waals surface area contributed by atoms with Crippen molar-refractivity contribution < 1.29 is 0 Å². The molecule has 0 N–H and O–H groups in total. The van der Waals surface area contributed by atoms with Crippen molar-refractivity contribution in [2.45, 2.75) is 26.2 Å². The van der Waals surface area contributed by atoms with Crippen LogP contribution in [0.5, 0.6) is 0 Å². The predicted molar refractivity (Wildman–Crippen MR) is 148 cm³/mol. The molecule has 0 saturated carbocycles. The highest BCUT2D eigenvalue weighted by Gasteiger charge is 2.15. The number of benzene rings is 5. The van der Waals surface area contributed by atoms with Crippen LogP contribution in [-0.4, -0.2) is 4.57 Å². The zero-order valence-electron chi connectivity index (χ0n) is 20.2. The van der Waals surface area contributed by atoms with Gasteiger partial charge in [0.15, 0.2) is 0 Å². The average molecular weight is 442 g/mol. The molecule has 0 aliphatic carbocycles. The summed E-state index contributed by atoms with van der Waals surface area (Å²) in [5, 5.41) is 5.38. The molecule has 1 heterocycles. The summed E-state index contributed by atoms with van der Waals surface area (Å²) < 4.78 is 2.34. The van der Waals surface area contributed by atoms with Crippen LogP contribution in [0.25, 0.3) is 32.6 Å². The lowest BCUT2D eigenvalue weighted by Crippen LogP contribution is -1.99. The van der Waals surface area contributed by atoms with Crippen LogP contribution in [-0.2, 0) is 13.5 Å². The Balaban J connectivity index is 0.000000297. The van der Waals surface area contributed by atoms with E-state index in [1.54, 1.807) is 0 Å². The Hall–Kier alpha value is -3.84. The maximum absolute atomic E-state index is 2.36. The minimum absolute atomic E-state index is 0.493. The van der Waals surface area contributed by atoms with Crippen LogP contribution >= 0.6 is 0 Å². The van der Waals surface area contributed by atoms with Crippen LogP contribution in [0.4, 0.5) is 0 Å². The topological polar surface area (TPSA) is 4.93 Å². The van der Waals surface area contributed by atoms with Gasteiger partial charge < -0.3 is 4.57 Å². The van der Waals surface area contributed by atoms with Gasteiger partial charge in [0.2, 0.25) is 0 Å². The molecule has 168 valence electrons. The average Bonchev–Trinajstić information content (AvgIpc) is 3.16. The third kappa shape index (κ3) is 4.34. The minimum atomic E-state index is 0.493. The molecule has 1 nitrogen and oxygen atoms in total. The summed E-state index contributed by atoms with van der Waals surface area (Å²) in [5.74, 6) is 0.493. The third-order valence-electron chi connectivity index (χ3n) is 6.82. The van der Waals surface area contributed by atoms with Gasteiger partial charge in [-0.3, -0.25) is 0 Å². The van der Waals surface area contributed by atoms with Gasteiger partial charge in [0.05, 0.1) is 0 Å². The predicted octanol–water partition coefficient (Wildman–Crippen LogP) is 8.83. The van der Waals surface area contributed by atoms with E-state index in [4.69, 9.17) is 0 Å². The number of rotatable bonds is 3. The number of aromatic nitrogens is 1. The molecule has 0 saturated heterocycles. The lowest BCUT2D eigenvalue weighted by Gasteiger charge is -2.13. The summed E-state index contributed by atoms with van der Waals surface area (Å²) in [4.78, 5) is 0. The van der Waals surface area contributed by atoms with E-state index < -0.39 is 0 Å². The number of fused-ring (bicyclic) bond motifs is 4. The van der Waals surface area contributed by atoms with Gasteiger partial charge in [-0.2, -0.15) is 0 Å². The van der Waals surface area contributed by atoms with E-state index in [1.165, 1.54) is 49.3 Å². The molecule has 0 spiro atoms. The number of hydrogen-bond acceptors (Lipinski definition) is 0. The normalized spacial score (nSPS) is 12.0. The van der Waals surface area contributed by atoms with E-state index in [0.29, 0.717) is 5.92 Å². The van der Waals surface area contributed by atoms with Crippen LogP contribution < -0.4 is 0 Å². The Bertz CT molecular complexity index is 1540. The first-order valence-electron chi connectivity index (χ1n) is 12.1. The minimum Gasteiger partial charge on any atom is -0.344 e. The van der Waals surface area contributed by atoms with E-state index in [1.807, 2.05) is 18.2 Å². The van der Waals surface area contributed by atoms with Crippen molar-refractivity contribution in [2.24, 2.45) is 7.05 Å². The van der Waals surface area contributed by atoms with Gasteiger partial charge in [-0.15, -0.1) is 0 Å². The highest BCUT2D eigenvalue weighted by atomic mass is 14.9. The Morgan fingerprint density at radius 1 is 0.647 bits per heavy atom. The summed E-state index contributed by atoms with van der Waals surface area (Å²) in [6.45, 7) is 4.41. The van der Waals surface area contributed by atoms with Crippen LogP contribution in [0, 0.1) is 6.92 Å². The molecule has 0 aliphatic heterocycles. The maximum Gasteiger partial charge on any atom is 0.0495 e. The fraction of sp³-hybridized carbons (Fsp3) is 0.152. The van der Waals surface area contributed by atoms with Crippen molar-refractivity contribution in [2.75, 3.05) is 0 Å². The molecule has 34 heavy (non-hydrogen) atoms. The van der Waals surface area contributed by atoms with Gasteiger partial charge in [-0.25, -0.2) is 0 Å². The fourth-order valence-corrected chi connectivity index (χ4v) is 4.95. The molecule has 0 bridgehead atoms. The molecule has 0 aliphatic rings. The molecule has 0 amide bonds. The lowest BCUT2D eigenvalue weighted by molar-refractivity contribution is 0.763. The Morgan fingerprint density at radius 3 is 1.91 bits per heavy atom. The molecule has 0 fully saturated rings. The van der Waals surface area contributed by atoms with E-state index >= 15 is 0 Å². The monoisotopic (exact) mass is 441 g/mol. The summed E-state index contributed by atoms with van der Waals surface area (Å²) in [7, 11) is 2.18. The molecule has 6 rings (SSSR count). The van der Waals surface area contributed by atoms with Crippen molar-refractivity contribution in [3.8, 4) is 0 Å². The summed E-state index contributed by atoms with van der Waals surface area (Å²) in [6.07, 6.45) is 1.05. The molecule has 5 aromatic carbocycles. The molecular formula is C33H31N. The van der Waals surface area contributed by atoms with Gasteiger partial charge >= 0.3 is 0 Å². The van der Waals surface area contributed by atoms with Crippen LogP contribution in [0.1, 0.15) is 29.5 Å². The van der Waals surface area contributed by atoms with E-state index in [0.717, 1.165) is 6.42 Å². The largest absolute Gasteiger partial charge is 0.344 e. The van der Waals surface area contributed by atoms with Crippen molar-refractivity contribution >= 4 is 32.6 Å². The molecule has 0 radical (unpaired) electrons. The maximum atomic E-state index is 2.36. The molecular weight excluding hydrogens is 410 g/mol. The second kappa shape index (κ2) is 9.57. The highest BCUT2D eigenvalue weighted by molar-refractivity contribution is 6.13. The Kier molecular flexibility index (Phi) is 6.18. The van der Waals surface area contributed by atoms with Gasteiger partial charge in [0.1, 0.15) is 0 Å². The van der Waals surface area contributed by atoms with Gasteiger partial charge in [0, 0.05) is 28.9 Å². The number of aryl methyl sites for hydroxylation is 2. The van der Waals surface area contributed by atoms with Crippen molar-refractivity contribution in [3.63, 3.8) is 0 Å². The van der Waals surface area contributed by atoms with E-state index in [2.05, 4.69) is 123 Å². The van der Waals surface area contributed by atoms with Crippen LogP contribution in [0.2, 0.25) is 0 Å². The number of hydrogen-bond donors (Lipinski definition) is 0. The van der Waals surface area contributed by atoms with Crippen molar-refractivity contribution in [1.82, 2.24) is 4.57 Å². The third-order valence-corrected chi connectivity index (χ3v) is 6.82. The summed E-state index contributed by atoms with van der Waals surface area (Å²) >= 11 is 0. The lowest BCUT2D eigenvalue weighted by atomic mass is 9.91. The first kappa shape index (κ1) is 22.0. The molecule has 1 heteroatoms. The highest BCUT2D eigenvalue weighted by Crippen LogP contribution is 2.35. The standard InChI is InChI=1S/C26H23N.C7H8/c1-18(19-9-4-3-5-10-19)15-22-13-8-14-24-26(22)23-16-20-11-6-7-12-21(20)17-25(23)27(24)2;1-7-5-3-2-4-6-7/h3-14,16-18H,15H2,1-2H3;2-6H,1H3. The first-order valence-corrected chi connectivity index (χ1v) is 12.1. The molecule has 1 unspecified atom stereocenters. The molecule has 1 aromatic heterocycles. The quantitative estimate of drug-likeness (QED) is 0.258. The van der Waals surface area contributed by atoms with Crippen molar-refractivity contribution in [3.05, 3.63) is 132 Å². The molecule has 6 aromatic rings. The smallest absolute Gasteiger partial charge is 0.0495 e. The SMILES string of the molecule is CC(Cc1cccc2c1c1cc3ccccc3cc1n2C)c1ccccc1.Cc1ccccc1. The van der Waals surface area contributed by atoms with E-state index in [-0.39, 0.29) is 0 Å². The first-order chi connectivity index (χ1) is 16.6. The van der Waals surface area contributed by atoms with E-state index in [9.17, 15) is 0 Å². The summed E-state index contributed by atoms with van der Waals surface area (Å²) in [5.41, 5.74) is 6.79. The van der Waals surface area contributed by atoms with Gasteiger partial charge in [-0.1, -0.05) is 110 Å². The Morgan fingerprint density at radius 2 is 1.26 bits per heavy atom. The molecule has 1 atom stereocenters. The second-order valence-electron chi connectivity index (χ2n) is 9.26. The van der Waals surface area contributed by atoms with Crippen molar-refractivity contribution in [1.29, 1.82) is 0 Å². The van der Waals surface area contributed by atoms with Gasteiger partial charge in [-0.05, 0) is 59.4 Å². The Labute approximate surface area is 202 Å². The van der Waals surface area contributed by atoms with Gasteiger partial charge in [0.25, 0.3) is 0 Å².